The summed E-state index contributed by atoms with van der Waals surface area (Å²) in [7, 11) is 5.31. The van der Waals surface area contributed by atoms with Gasteiger partial charge in [0.05, 0.1) is 25.3 Å². The summed E-state index contributed by atoms with van der Waals surface area (Å²) in [5, 5.41) is 16.5. The summed E-state index contributed by atoms with van der Waals surface area (Å²) < 4.78 is 6.67. The van der Waals surface area contributed by atoms with E-state index in [1.807, 2.05) is 54.7 Å². The van der Waals surface area contributed by atoms with Crippen molar-refractivity contribution in [2.75, 3.05) is 63.7 Å². The van der Waals surface area contributed by atoms with E-state index in [0.717, 1.165) is 58.7 Å². The first-order chi connectivity index (χ1) is 21.2. The van der Waals surface area contributed by atoms with E-state index < -0.39 is 0 Å². The van der Waals surface area contributed by atoms with Gasteiger partial charge in [0.15, 0.2) is 10.9 Å². The standard InChI is InChI=1S/C30H35N9O3S2/c1-6-22-26(36(4)28-33-25(23(13-31)43-28)19-9-7-18(2)8-10-19)39-29(32-22)44-30(34-39)37-12-11-21(16-37)35(3)17-24(40)38-14-20(15-38)27(41)42-5/h7-10,20-21H,6,11-12,14-17H2,1-5H3/t21-/m1/s1. The molecule has 0 radical (unpaired) electrons. The zero-order chi connectivity index (χ0) is 31.1. The predicted molar refractivity (Wildman–Crippen MR) is 171 cm³/mol. The van der Waals surface area contributed by atoms with Crippen LogP contribution in [0.4, 0.5) is 16.1 Å². The SMILES string of the molecule is CCc1nc2sc(N3CC[C@@H](N(C)CC(=O)N4CC(C(=O)OC)C4)C3)nn2c1N(C)c1nc(-c2ccc(C)cc2)c(C#N)s1. The maximum Gasteiger partial charge on any atom is 0.312 e. The Labute approximate surface area is 264 Å². The summed E-state index contributed by atoms with van der Waals surface area (Å²) in [6.07, 6.45) is 1.65. The minimum absolute atomic E-state index is 0.0332. The Morgan fingerprint density at radius 1 is 1.14 bits per heavy atom. The predicted octanol–water partition coefficient (Wildman–Crippen LogP) is 3.57. The Morgan fingerprint density at radius 2 is 1.89 bits per heavy atom. The molecule has 2 fully saturated rings. The van der Waals surface area contributed by atoms with Gasteiger partial charge in [0.2, 0.25) is 16.0 Å². The van der Waals surface area contributed by atoms with Crippen LogP contribution in [0.15, 0.2) is 24.3 Å². The van der Waals surface area contributed by atoms with Crippen molar-refractivity contribution < 1.29 is 14.3 Å². The monoisotopic (exact) mass is 633 g/mol. The van der Waals surface area contributed by atoms with E-state index in [-0.39, 0.29) is 23.8 Å². The fourth-order valence-corrected chi connectivity index (χ4v) is 7.51. The van der Waals surface area contributed by atoms with Crippen molar-refractivity contribution in [3.05, 3.63) is 40.4 Å². The number of ether oxygens (including phenoxy) is 1. The van der Waals surface area contributed by atoms with Gasteiger partial charge in [0, 0.05) is 44.8 Å². The Bertz CT molecular complexity index is 1730. The van der Waals surface area contributed by atoms with Crippen LogP contribution < -0.4 is 9.80 Å². The first-order valence-corrected chi connectivity index (χ1v) is 16.2. The Kier molecular flexibility index (Phi) is 8.28. The van der Waals surface area contributed by atoms with Crippen LogP contribution in [0.2, 0.25) is 0 Å². The molecule has 2 aliphatic heterocycles. The number of rotatable bonds is 9. The number of aryl methyl sites for hydroxylation is 2. The fourth-order valence-electron chi connectivity index (χ4n) is 5.71. The third kappa shape index (κ3) is 5.51. The molecule has 230 valence electrons. The molecular weight excluding hydrogens is 599 g/mol. The first kappa shape index (κ1) is 30.0. The zero-order valence-corrected chi connectivity index (χ0v) is 27.1. The number of amides is 1. The van der Waals surface area contributed by atoms with Crippen molar-refractivity contribution in [1.29, 1.82) is 5.26 Å². The molecule has 2 saturated heterocycles. The topological polar surface area (TPSA) is 123 Å². The fraction of sp³-hybridized carbons (Fsp3) is 0.467. The van der Waals surface area contributed by atoms with Crippen molar-refractivity contribution in [3.8, 4) is 17.3 Å². The van der Waals surface area contributed by atoms with Crippen LogP contribution >= 0.6 is 22.7 Å². The number of methoxy groups -OCH3 is 1. The Balaban J connectivity index is 1.17. The molecule has 1 atom stereocenters. The van der Waals surface area contributed by atoms with Crippen LogP contribution in [-0.2, 0) is 20.7 Å². The van der Waals surface area contributed by atoms with Crippen molar-refractivity contribution in [2.24, 2.45) is 5.92 Å². The van der Waals surface area contributed by atoms with Crippen LogP contribution in [0.5, 0.6) is 0 Å². The van der Waals surface area contributed by atoms with Gasteiger partial charge in [-0.1, -0.05) is 59.4 Å². The summed E-state index contributed by atoms with van der Waals surface area (Å²) in [4.78, 5) is 43.6. The normalized spacial score (nSPS) is 16.9. The van der Waals surface area contributed by atoms with Gasteiger partial charge in [0.25, 0.3) is 0 Å². The Morgan fingerprint density at radius 3 is 2.57 bits per heavy atom. The largest absolute Gasteiger partial charge is 0.469 e. The molecule has 4 aromatic rings. The molecule has 0 bridgehead atoms. The van der Waals surface area contributed by atoms with Crippen LogP contribution in [-0.4, -0.2) is 101 Å². The van der Waals surface area contributed by atoms with Crippen LogP contribution in [0, 0.1) is 24.2 Å². The highest BCUT2D eigenvalue weighted by molar-refractivity contribution is 7.20. The van der Waals surface area contributed by atoms with E-state index in [1.54, 1.807) is 16.2 Å². The molecular formula is C30H35N9O3S2. The lowest BCUT2D eigenvalue weighted by atomic mass is 10.0. The zero-order valence-electron chi connectivity index (χ0n) is 25.5. The molecule has 0 saturated carbocycles. The van der Waals surface area contributed by atoms with Gasteiger partial charge < -0.3 is 19.4 Å². The average molecular weight is 634 g/mol. The molecule has 44 heavy (non-hydrogen) atoms. The van der Waals surface area contributed by atoms with Gasteiger partial charge in [-0.25, -0.2) is 9.97 Å². The number of likely N-dealkylation sites (N-methyl/N-ethyl adjacent to an activating group) is 1. The summed E-state index contributed by atoms with van der Waals surface area (Å²) in [6.45, 7) is 6.87. The van der Waals surface area contributed by atoms with E-state index >= 15 is 0 Å². The van der Waals surface area contributed by atoms with Crippen LogP contribution in [0.25, 0.3) is 16.2 Å². The highest BCUT2D eigenvalue weighted by Gasteiger charge is 2.38. The minimum atomic E-state index is -0.255. The van der Waals surface area contributed by atoms with E-state index in [0.29, 0.717) is 35.3 Å². The molecule has 0 spiro atoms. The molecule has 3 aromatic heterocycles. The second-order valence-electron chi connectivity index (χ2n) is 11.3. The summed E-state index contributed by atoms with van der Waals surface area (Å²) >= 11 is 2.91. The first-order valence-electron chi connectivity index (χ1n) is 14.6. The number of anilines is 3. The molecule has 14 heteroatoms. The number of nitrogens with zero attached hydrogens (tertiary/aromatic N) is 9. The summed E-state index contributed by atoms with van der Waals surface area (Å²) in [6, 6.07) is 10.6. The van der Waals surface area contributed by atoms with E-state index in [9.17, 15) is 14.9 Å². The van der Waals surface area contributed by atoms with Gasteiger partial charge >= 0.3 is 5.97 Å². The third-order valence-corrected chi connectivity index (χ3v) is 10.4. The number of aromatic nitrogens is 4. The molecule has 6 rings (SSSR count). The maximum absolute atomic E-state index is 12.8. The average Bonchev–Trinajstić information content (AvgIpc) is 3.78. The molecule has 2 aliphatic rings. The van der Waals surface area contributed by atoms with Gasteiger partial charge in [-0.3, -0.25) is 14.5 Å². The van der Waals surface area contributed by atoms with Gasteiger partial charge in [-0.05, 0) is 26.8 Å². The molecule has 12 nitrogen and oxygen atoms in total. The number of carbonyl (C=O) groups excluding carboxylic acids is 2. The lowest BCUT2D eigenvalue weighted by Gasteiger charge is -2.38. The molecule has 0 aliphatic carbocycles. The number of carbonyl (C=O) groups is 2. The third-order valence-electron chi connectivity index (χ3n) is 8.43. The number of fused-ring (bicyclic) bond motifs is 1. The van der Waals surface area contributed by atoms with E-state index in [1.165, 1.54) is 18.4 Å². The van der Waals surface area contributed by atoms with Gasteiger partial charge in [0.1, 0.15) is 16.6 Å². The molecule has 0 N–H and O–H groups in total. The van der Waals surface area contributed by atoms with Gasteiger partial charge in [-0.15, -0.1) is 5.10 Å². The van der Waals surface area contributed by atoms with E-state index in [4.69, 9.17) is 19.8 Å². The number of likely N-dealkylation sites (tertiary alicyclic amines) is 1. The quantitative estimate of drug-likeness (QED) is 0.253. The summed E-state index contributed by atoms with van der Waals surface area (Å²) in [5.41, 5.74) is 3.67. The highest BCUT2D eigenvalue weighted by Crippen LogP contribution is 2.38. The number of nitriles is 1. The number of esters is 1. The number of hydrogen-bond donors (Lipinski definition) is 0. The maximum atomic E-state index is 12.8. The van der Waals surface area contributed by atoms with Gasteiger partial charge in [-0.2, -0.15) is 9.78 Å². The lowest BCUT2D eigenvalue weighted by molar-refractivity contribution is -0.156. The van der Waals surface area contributed by atoms with Crippen LogP contribution in [0.3, 0.4) is 0 Å². The van der Waals surface area contributed by atoms with Crippen molar-refractivity contribution >= 4 is 55.6 Å². The smallest absolute Gasteiger partial charge is 0.312 e. The van der Waals surface area contributed by atoms with E-state index in [2.05, 4.69) is 22.8 Å². The van der Waals surface area contributed by atoms with Crippen LogP contribution in [0.1, 0.15) is 29.5 Å². The van der Waals surface area contributed by atoms with Crippen molar-refractivity contribution in [1.82, 2.24) is 29.4 Å². The van der Waals surface area contributed by atoms with Crippen molar-refractivity contribution in [2.45, 2.75) is 32.7 Å². The molecule has 1 aromatic carbocycles. The number of hydrogen-bond acceptors (Lipinski definition) is 12. The lowest BCUT2D eigenvalue weighted by Crippen LogP contribution is -2.56. The molecule has 0 unspecified atom stereocenters. The summed E-state index contributed by atoms with van der Waals surface area (Å²) in [5.74, 6) is 0.411. The number of imidazole rings is 1. The highest BCUT2D eigenvalue weighted by atomic mass is 32.1. The minimum Gasteiger partial charge on any atom is -0.469 e. The van der Waals surface area contributed by atoms with Crippen molar-refractivity contribution in [3.63, 3.8) is 0 Å². The molecule has 5 heterocycles. The Hall–Kier alpha value is -4.06. The second-order valence-corrected chi connectivity index (χ2v) is 13.3. The number of thiazole rings is 1. The second kappa shape index (κ2) is 12.1. The number of benzene rings is 1. The molecule has 1 amide bonds.